The highest BCUT2D eigenvalue weighted by atomic mass is 32.1. The van der Waals surface area contributed by atoms with E-state index in [0.717, 1.165) is 55.0 Å². The molecule has 1 fully saturated rings. The van der Waals surface area contributed by atoms with Crippen molar-refractivity contribution in [3.8, 4) is 0 Å². The number of nitrogens with zero attached hydrogens (tertiary/aromatic N) is 3. The Morgan fingerprint density at radius 1 is 1.21 bits per heavy atom. The van der Waals surface area contributed by atoms with E-state index in [2.05, 4.69) is 30.9 Å². The number of hydrogen-bond donors (Lipinski definition) is 0. The predicted molar refractivity (Wildman–Crippen MR) is 113 cm³/mol. The van der Waals surface area contributed by atoms with E-state index in [1.807, 2.05) is 0 Å². The van der Waals surface area contributed by atoms with Crippen LogP contribution in [0.15, 0.2) is 24.2 Å². The van der Waals surface area contributed by atoms with Crippen LogP contribution in [0, 0.1) is 13.8 Å². The molecule has 0 radical (unpaired) electrons. The van der Waals surface area contributed by atoms with Gasteiger partial charge in [0.2, 0.25) is 5.76 Å². The fourth-order valence-corrected chi connectivity index (χ4v) is 4.82. The van der Waals surface area contributed by atoms with Gasteiger partial charge in [-0.1, -0.05) is 17.4 Å². The third-order valence-electron chi connectivity index (χ3n) is 5.11. The van der Waals surface area contributed by atoms with Crippen molar-refractivity contribution in [2.24, 2.45) is 0 Å². The van der Waals surface area contributed by atoms with Crippen molar-refractivity contribution in [2.45, 2.75) is 20.3 Å². The molecule has 4 rings (SSSR count). The summed E-state index contributed by atoms with van der Waals surface area (Å²) in [6.07, 6.45) is 2.28. The summed E-state index contributed by atoms with van der Waals surface area (Å²) in [5.41, 5.74) is 3.28. The number of fused-ring (bicyclic) bond motifs is 1. The van der Waals surface area contributed by atoms with Gasteiger partial charge in [0.05, 0.1) is 23.4 Å². The van der Waals surface area contributed by atoms with Gasteiger partial charge in [0, 0.05) is 26.2 Å². The third kappa shape index (κ3) is 4.71. The molecule has 0 saturated carbocycles. The van der Waals surface area contributed by atoms with E-state index in [1.54, 1.807) is 16.2 Å². The molecule has 0 unspecified atom stereocenters. The highest BCUT2D eigenvalue weighted by molar-refractivity contribution is 7.22. The molecule has 1 aromatic carbocycles. The van der Waals surface area contributed by atoms with Crippen LogP contribution < -0.4 is 4.90 Å². The van der Waals surface area contributed by atoms with E-state index in [0.29, 0.717) is 24.9 Å². The molecule has 3 heterocycles. The Labute approximate surface area is 174 Å². The van der Waals surface area contributed by atoms with Gasteiger partial charge in [-0.05, 0) is 37.5 Å². The lowest BCUT2D eigenvalue weighted by molar-refractivity contribution is -0.119. The van der Waals surface area contributed by atoms with Gasteiger partial charge in [0.1, 0.15) is 19.5 Å². The highest BCUT2D eigenvalue weighted by Gasteiger charge is 2.26. The molecule has 1 amide bonds. The van der Waals surface area contributed by atoms with Crippen molar-refractivity contribution in [2.75, 3.05) is 57.5 Å². The van der Waals surface area contributed by atoms with Crippen molar-refractivity contribution >= 4 is 32.6 Å². The Bertz CT molecular complexity index is 905. The Hall–Kier alpha value is -2.16. The van der Waals surface area contributed by atoms with Gasteiger partial charge in [-0.2, -0.15) is 0 Å². The summed E-state index contributed by atoms with van der Waals surface area (Å²) in [6, 6.07) is 4.25. The van der Waals surface area contributed by atoms with Crippen LogP contribution in [-0.2, 0) is 19.0 Å². The number of anilines is 1. The molecule has 0 aliphatic carbocycles. The highest BCUT2D eigenvalue weighted by Crippen LogP contribution is 2.32. The minimum Gasteiger partial charge on any atom is -0.494 e. The first-order valence-electron chi connectivity index (χ1n) is 10.1. The van der Waals surface area contributed by atoms with Gasteiger partial charge >= 0.3 is 0 Å². The fraction of sp³-hybridized carbons (Fsp3) is 0.524. The number of rotatable bonds is 6. The first-order chi connectivity index (χ1) is 14.1. The molecule has 0 N–H and O–H groups in total. The lowest BCUT2D eigenvalue weighted by Gasteiger charge is -2.28. The normalized spacial score (nSPS) is 17.5. The standard InChI is InChI=1S/C21H27N3O4S/c1-15-12-16(2)19-18(13-15)29-21(22-19)24(20(25)17-14-27-10-11-28-17)5-3-4-23-6-8-26-9-7-23/h12-14H,3-11H2,1-2H3. The Morgan fingerprint density at radius 2 is 2.03 bits per heavy atom. The summed E-state index contributed by atoms with van der Waals surface area (Å²) < 4.78 is 17.4. The smallest absolute Gasteiger partial charge is 0.298 e. The summed E-state index contributed by atoms with van der Waals surface area (Å²) >= 11 is 1.55. The van der Waals surface area contributed by atoms with Crippen LogP contribution in [0.3, 0.4) is 0 Å². The van der Waals surface area contributed by atoms with Gasteiger partial charge in [-0.25, -0.2) is 4.98 Å². The lowest BCUT2D eigenvalue weighted by Crippen LogP contribution is -2.40. The van der Waals surface area contributed by atoms with Crippen LogP contribution in [0.5, 0.6) is 0 Å². The van der Waals surface area contributed by atoms with Crippen molar-refractivity contribution < 1.29 is 19.0 Å². The van der Waals surface area contributed by atoms with Crippen molar-refractivity contribution in [1.29, 1.82) is 0 Å². The lowest BCUT2D eigenvalue weighted by atomic mass is 10.1. The maximum atomic E-state index is 13.2. The molecule has 2 aromatic rings. The van der Waals surface area contributed by atoms with Crippen LogP contribution in [0.4, 0.5) is 5.13 Å². The van der Waals surface area contributed by atoms with Crippen molar-refractivity contribution in [1.82, 2.24) is 9.88 Å². The molecular formula is C21H27N3O4S. The molecule has 7 nitrogen and oxygen atoms in total. The van der Waals surface area contributed by atoms with Crippen LogP contribution in [0.2, 0.25) is 0 Å². The molecule has 0 atom stereocenters. The zero-order chi connectivity index (χ0) is 20.2. The van der Waals surface area contributed by atoms with Gasteiger partial charge in [0.15, 0.2) is 5.13 Å². The number of aryl methyl sites for hydroxylation is 2. The van der Waals surface area contributed by atoms with Gasteiger partial charge in [-0.3, -0.25) is 14.6 Å². The maximum Gasteiger partial charge on any atom is 0.298 e. The van der Waals surface area contributed by atoms with Crippen molar-refractivity contribution in [3.63, 3.8) is 0 Å². The van der Waals surface area contributed by atoms with E-state index in [1.165, 1.54) is 11.8 Å². The molecule has 156 valence electrons. The summed E-state index contributed by atoms with van der Waals surface area (Å²) in [5, 5.41) is 0.704. The molecular weight excluding hydrogens is 390 g/mol. The predicted octanol–water partition coefficient (Wildman–Crippen LogP) is 2.86. The van der Waals surface area contributed by atoms with Gasteiger partial charge < -0.3 is 14.2 Å². The fourth-order valence-electron chi connectivity index (χ4n) is 3.65. The number of ether oxygens (including phenoxy) is 3. The molecule has 8 heteroatoms. The summed E-state index contributed by atoms with van der Waals surface area (Å²) in [6.45, 7) is 9.92. The Morgan fingerprint density at radius 3 is 2.79 bits per heavy atom. The molecule has 1 aromatic heterocycles. The van der Waals surface area contributed by atoms with Crippen LogP contribution in [0.1, 0.15) is 17.5 Å². The van der Waals surface area contributed by atoms with E-state index in [4.69, 9.17) is 19.2 Å². The molecule has 1 saturated heterocycles. The summed E-state index contributed by atoms with van der Waals surface area (Å²) in [7, 11) is 0. The monoisotopic (exact) mass is 417 g/mol. The zero-order valence-electron chi connectivity index (χ0n) is 17.0. The molecule has 2 aliphatic heterocycles. The first kappa shape index (κ1) is 20.1. The number of carbonyl (C=O) groups is 1. The zero-order valence-corrected chi connectivity index (χ0v) is 17.8. The average Bonchev–Trinajstić information content (AvgIpc) is 3.16. The second kappa shape index (κ2) is 9.11. The summed E-state index contributed by atoms with van der Waals surface area (Å²) in [5.74, 6) is 0.0508. The van der Waals surface area contributed by atoms with E-state index in [9.17, 15) is 4.79 Å². The number of benzene rings is 1. The number of amides is 1. The van der Waals surface area contributed by atoms with Crippen LogP contribution >= 0.6 is 11.3 Å². The van der Waals surface area contributed by atoms with Crippen LogP contribution in [-0.4, -0.2) is 68.4 Å². The van der Waals surface area contributed by atoms with E-state index in [-0.39, 0.29) is 11.7 Å². The second-order valence-electron chi connectivity index (χ2n) is 7.39. The van der Waals surface area contributed by atoms with Gasteiger partial charge in [-0.15, -0.1) is 0 Å². The Kier molecular flexibility index (Phi) is 6.32. The van der Waals surface area contributed by atoms with Crippen LogP contribution in [0.25, 0.3) is 10.2 Å². The Balaban J connectivity index is 1.56. The third-order valence-corrected chi connectivity index (χ3v) is 6.14. The number of aromatic nitrogens is 1. The minimum absolute atomic E-state index is 0.194. The molecule has 29 heavy (non-hydrogen) atoms. The molecule has 0 bridgehead atoms. The second-order valence-corrected chi connectivity index (χ2v) is 8.40. The molecule has 0 spiro atoms. The topological polar surface area (TPSA) is 64.1 Å². The average molecular weight is 418 g/mol. The first-order valence-corrected chi connectivity index (χ1v) is 10.9. The SMILES string of the molecule is Cc1cc(C)c2nc(N(CCCN3CCOCC3)C(=O)C3=COCCO3)sc2c1. The van der Waals surface area contributed by atoms with Crippen molar-refractivity contribution in [3.05, 3.63) is 35.3 Å². The summed E-state index contributed by atoms with van der Waals surface area (Å²) in [4.78, 5) is 22.1. The van der Waals surface area contributed by atoms with E-state index < -0.39 is 0 Å². The number of morpholine rings is 1. The quantitative estimate of drug-likeness (QED) is 0.720. The number of hydrogen-bond acceptors (Lipinski definition) is 7. The largest absolute Gasteiger partial charge is 0.494 e. The number of carbonyl (C=O) groups excluding carboxylic acids is 1. The van der Waals surface area contributed by atoms with Gasteiger partial charge in [0.25, 0.3) is 5.91 Å². The molecule has 2 aliphatic rings. The maximum absolute atomic E-state index is 13.2. The van der Waals surface area contributed by atoms with E-state index >= 15 is 0 Å². The minimum atomic E-state index is -0.194. The number of thiazole rings is 1.